The highest BCUT2D eigenvalue weighted by molar-refractivity contribution is 5.79. The van der Waals surface area contributed by atoms with Gasteiger partial charge in [0.05, 0.1) is 13.0 Å². The molecule has 1 aromatic carbocycles. The van der Waals surface area contributed by atoms with Gasteiger partial charge in [0, 0.05) is 5.56 Å². The van der Waals surface area contributed by atoms with Crippen LogP contribution in [0.5, 0.6) is 5.75 Å². The van der Waals surface area contributed by atoms with Crippen molar-refractivity contribution in [1.82, 2.24) is 0 Å². The molecule has 1 aromatic rings. The number of carboxylic acids is 1. The number of rotatable bonds is 4. The lowest BCUT2D eigenvalue weighted by Gasteiger charge is -2.24. The van der Waals surface area contributed by atoms with Crippen LogP contribution < -0.4 is 4.74 Å². The molecule has 0 fully saturated rings. The SMILES string of the molecule is COc1c(C)c(C)cc(C)c1C(C(=O)O)C(C)C. The van der Waals surface area contributed by atoms with Gasteiger partial charge < -0.3 is 9.84 Å². The van der Waals surface area contributed by atoms with Crippen molar-refractivity contribution in [3.8, 4) is 5.75 Å². The van der Waals surface area contributed by atoms with E-state index in [1.165, 1.54) is 0 Å². The van der Waals surface area contributed by atoms with Crippen LogP contribution in [0.2, 0.25) is 0 Å². The van der Waals surface area contributed by atoms with E-state index < -0.39 is 11.9 Å². The maximum Gasteiger partial charge on any atom is 0.311 e. The van der Waals surface area contributed by atoms with Gasteiger partial charge in [0.25, 0.3) is 0 Å². The summed E-state index contributed by atoms with van der Waals surface area (Å²) >= 11 is 0. The lowest BCUT2D eigenvalue weighted by molar-refractivity contribution is -0.139. The van der Waals surface area contributed by atoms with Crippen molar-refractivity contribution < 1.29 is 14.6 Å². The first kappa shape index (κ1) is 14.6. The zero-order valence-electron chi connectivity index (χ0n) is 12.0. The van der Waals surface area contributed by atoms with Crippen molar-refractivity contribution in [3.05, 3.63) is 28.3 Å². The number of benzene rings is 1. The minimum Gasteiger partial charge on any atom is -0.496 e. The predicted octanol–water partition coefficient (Wildman–Crippen LogP) is 3.44. The quantitative estimate of drug-likeness (QED) is 0.890. The number of aryl methyl sites for hydroxylation is 2. The highest BCUT2D eigenvalue weighted by Gasteiger charge is 2.29. The average molecular weight is 250 g/mol. The van der Waals surface area contributed by atoms with Crippen LogP contribution >= 0.6 is 0 Å². The van der Waals surface area contributed by atoms with E-state index >= 15 is 0 Å². The molecule has 0 aliphatic heterocycles. The zero-order chi connectivity index (χ0) is 14.0. The van der Waals surface area contributed by atoms with E-state index in [9.17, 15) is 9.90 Å². The molecule has 1 atom stereocenters. The molecule has 0 aromatic heterocycles. The molecule has 0 saturated heterocycles. The molecule has 1 N–H and O–H groups in total. The molecular formula is C15H22O3. The van der Waals surface area contributed by atoms with E-state index in [2.05, 4.69) is 0 Å². The van der Waals surface area contributed by atoms with Gasteiger partial charge in [0.15, 0.2) is 0 Å². The van der Waals surface area contributed by atoms with Crippen molar-refractivity contribution in [2.75, 3.05) is 7.11 Å². The van der Waals surface area contributed by atoms with Gasteiger partial charge >= 0.3 is 5.97 Å². The second-order valence-corrected chi connectivity index (χ2v) is 5.14. The highest BCUT2D eigenvalue weighted by Crippen LogP contribution is 2.38. The van der Waals surface area contributed by atoms with E-state index in [0.717, 1.165) is 22.3 Å². The number of hydrogen-bond acceptors (Lipinski definition) is 2. The lowest BCUT2D eigenvalue weighted by atomic mass is 9.83. The number of ether oxygens (including phenoxy) is 1. The Kier molecular flexibility index (Phi) is 4.38. The van der Waals surface area contributed by atoms with Crippen molar-refractivity contribution >= 4 is 5.97 Å². The fourth-order valence-electron chi connectivity index (χ4n) is 2.46. The number of hydrogen-bond donors (Lipinski definition) is 1. The van der Waals surface area contributed by atoms with E-state index in [1.807, 2.05) is 40.7 Å². The summed E-state index contributed by atoms with van der Waals surface area (Å²) in [4.78, 5) is 11.5. The third-order valence-corrected chi connectivity index (χ3v) is 3.48. The standard InChI is InChI=1S/C15H22O3/c1-8(2)12(15(16)17)13-10(4)7-9(3)11(5)14(13)18-6/h7-8,12H,1-6H3,(H,16,17). The van der Waals surface area contributed by atoms with Crippen LogP contribution in [0.1, 0.15) is 42.0 Å². The second kappa shape index (κ2) is 5.42. The summed E-state index contributed by atoms with van der Waals surface area (Å²) in [5, 5.41) is 9.45. The predicted molar refractivity (Wildman–Crippen MR) is 72.4 cm³/mol. The number of aliphatic carboxylic acids is 1. The molecule has 3 nitrogen and oxygen atoms in total. The summed E-state index contributed by atoms with van der Waals surface area (Å²) in [6, 6.07) is 2.03. The third-order valence-electron chi connectivity index (χ3n) is 3.48. The van der Waals surface area contributed by atoms with Crippen molar-refractivity contribution in [3.63, 3.8) is 0 Å². The Labute approximate surface area is 109 Å². The molecule has 0 heterocycles. The van der Waals surface area contributed by atoms with Gasteiger partial charge in [-0.25, -0.2) is 0 Å². The molecule has 0 amide bonds. The largest absolute Gasteiger partial charge is 0.496 e. The van der Waals surface area contributed by atoms with Gasteiger partial charge in [0.2, 0.25) is 0 Å². The first-order valence-corrected chi connectivity index (χ1v) is 6.18. The van der Waals surface area contributed by atoms with Crippen LogP contribution in [0.15, 0.2) is 6.07 Å². The molecule has 0 saturated carbocycles. The molecule has 0 aliphatic carbocycles. The highest BCUT2D eigenvalue weighted by atomic mass is 16.5. The van der Waals surface area contributed by atoms with Crippen molar-refractivity contribution in [2.24, 2.45) is 5.92 Å². The number of carboxylic acid groups (broad SMARTS) is 1. The molecule has 1 rings (SSSR count). The first-order valence-electron chi connectivity index (χ1n) is 6.18. The Bertz CT molecular complexity index is 461. The van der Waals surface area contributed by atoms with Gasteiger partial charge in [-0.15, -0.1) is 0 Å². The molecule has 0 spiro atoms. The molecule has 0 aliphatic rings. The Hall–Kier alpha value is -1.51. The Morgan fingerprint density at radius 2 is 1.78 bits per heavy atom. The fourth-order valence-corrected chi connectivity index (χ4v) is 2.46. The van der Waals surface area contributed by atoms with Gasteiger partial charge in [0.1, 0.15) is 5.75 Å². The lowest BCUT2D eigenvalue weighted by Crippen LogP contribution is -2.20. The first-order chi connectivity index (χ1) is 8.31. The van der Waals surface area contributed by atoms with E-state index in [4.69, 9.17) is 4.74 Å². The molecular weight excluding hydrogens is 228 g/mol. The van der Waals surface area contributed by atoms with Gasteiger partial charge in [-0.1, -0.05) is 19.9 Å². The Morgan fingerprint density at radius 1 is 1.22 bits per heavy atom. The summed E-state index contributed by atoms with van der Waals surface area (Å²) < 4.78 is 5.46. The minimum absolute atomic E-state index is 0.0252. The third kappa shape index (κ3) is 2.50. The second-order valence-electron chi connectivity index (χ2n) is 5.14. The summed E-state index contributed by atoms with van der Waals surface area (Å²) in [6.07, 6.45) is 0. The van der Waals surface area contributed by atoms with E-state index in [-0.39, 0.29) is 5.92 Å². The Balaban J connectivity index is 3.56. The van der Waals surface area contributed by atoms with Crippen LogP contribution in [0.3, 0.4) is 0 Å². The minimum atomic E-state index is -0.797. The number of methoxy groups -OCH3 is 1. The van der Waals surface area contributed by atoms with Crippen LogP contribution in [0, 0.1) is 26.7 Å². The van der Waals surface area contributed by atoms with Crippen LogP contribution in [0.25, 0.3) is 0 Å². The average Bonchev–Trinajstić information content (AvgIpc) is 2.25. The maximum atomic E-state index is 11.5. The van der Waals surface area contributed by atoms with Gasteiger partial charge in [-0.2, -0.15) is 0 Å². The molecule has 18 heavy (non-hydrogen) atoms. The summed E-state index contributed by atoms with van der Waals surface area (Å²) in [5.41, 5.74) is 3.94. The number of carbonyl (C=O) groups is 1. The molecule has 100 valence electrons. The zero-order valence-corrected chi connectivity index (χ0v) is 12.0. The summed E-state index contributed by atoms with van der Waals surface area (Å²) in [7, 11) is 1.60. The van der Waals surface area contributed by atoms with E-state index in [1.54, 1.807) is 7.11 Å². The van der Waals surface area contributed by atoms with Crippen LogP contribution in [-0.4, -0.2) is 18.2 Å². The summed E-state index contributed by atoms with van der Waals surface area (Å²) in [6.45, 7) is 9.78. The van der Waals surface area contributed by atoms with E-state index in [0.29, 0.717) is 5.75 Å². The normalized spacial score (nSPS) is 12.6. The molecule has 1 unspecified atom stereocenters. The van der Waals surface area contributed by atoms with Gasteiger partial charge in [-0.05, 0) is 43.4 Å². The summed E-state index contributed by atoms with van der Waals surface area (Å²) in [5.74, 6) is -0.584. The van der Waals surface area contributed by atoms with Crippen molar-refractivity contribution in [2.45, 2.75) is 40.5 Å². The molecule has 0 radical (unpaired) electrons. The monoisotopic (exact) mass is 250 g/mol. The van der Waals surface area contributed by atoms with Gasteiger partial charge in [-0.3, -0.25) is 4.79 Å². The molecule has 3 heteroatoms. The fraction of sp³-hybridized carbons (Fsp3) is 0.533. The molecule has 0 bridgehead atoms. The topological polar surface area (TPSA) is 46.5 Å². The smallest absolute Gasteiger partial charge is 0.311 e. The van der Waals surface area contributed by atoms with Crippen molar-refractivity contribution in [1.29, 1.82) is 0 Å². The van der Waals surface area contributed by atoms with Crippen LogP contribution in [-0.2, 0) is 4.79 Å². The van der Waals surface area contributed by atoms with Crippen LogP contribution in [0.4, 0.5) is 0 Å². The Morgan fingerprint density at radius 3 is 2.17 bits per heavy atom. The maximum absolute atomic E-state index is 11.5.